The van der Waals surface area contributed by atoms with E-state index >= 15 is 0 Å². The molecule has 0 aliphatic carbocycles. The lowest BCUT2D eigenvalue weighted by molar-refractivity contribution is -0.127. The number of nitrogens with one attached hydrogen (secondary N) is 2. The minimum Gasteiger partial charge on any atom is -0.349 e. The number of benzene rings is 1. The zero-order chi connectivity index (χ0) is 18.7. The molecule has 0 saturated heterocycles. The number of fused-ring (bicyclic) bond motifs is 1. The lowest BCUT2D eigenvalue weighted by Crippen LogP contribution is -2.39. The van der Waals surface area contributed by atoms with E-state index in [1.807, 2.05) is 24.3 Å². The number of hydrogen-bond acceptors (Lipinski definition) is 3. The average Bonchev–Trinajstić information content (AvgIpc) is 3.05. The predicted molar refractivity (Wildman–Crippen MR) is 99.9 cm³/mol. The average molecular weight is 355 g/mol. The fraction of sp³-hybridized carbons (Fsp3) is 0.421. The van der Waals surface area contributed by atoms with Gasteiger partial charge < -0.3 is 15.1 Å². The molecule has 1 aliphatic heterocycles. The van der Waals surface area contributed by atoms with Crippen LogP contribution in [0, 0.1) is 0 Å². The molecule has 2 aromatic rings. The summed E-state index contributed by atoms with van der Waals surface area (Å²) in [6.45, 7) is 3.26. The summed E-state index contributed by atoms with van der Waals surface area (Å²) in [4.78, 5) is 28.1. The Bertz CT molecular complexity index is 799. The summed E-state index contributed by atoms with van der Waals surface area (Å²) in [5, 5.41) is 10.4. The maximum Gasteiger partial charge on any atom is 0.322 e. The number of nitrogens with zero attached hydrogens (tertiary/aromatic N) is 3. The van der Waals surface area contributed by atoms with Gasteiger partial charge in [0.05, 0.1) is 18.7 Å². The first-order valence-electron chi connectivity index (χ1n) is 8.88. The van der Waals surface area contributed by atoms with Crippen molar-refractivity contribution in [2.24, 2.45) is 0 Å². The maximum atomic E-state index is 12.8. The van der Waals surface area contributed by atoms with Crippen molar-refractivity contribution in [3.8, 4) is 0 Å². The minimum absolute atomic E-state index is 0.000276. The van der Waals surface area contributed by atoms with Crippen LogP contribution < -0.4 is 5.32 Å². The van der Waals surface area contributed by atoms with Crippen LogP contribution in [0.1, 0.15) is 29.4 Å². The Morgan fingerprint density at radius 2 is 2.08 bits per heavy atom. The zero-order valence-corrected chi connectivity index (χ0v) is 15.5. The number of likely N-dealkylation sites (N-methyl/N-ethyl adjacent to an activating group) is 1. The van der Waals surface area contributed by atoms with Crippen LogP contribution in [0.2, 0.25) is 0 Å². The number of aromatic amines is 1. The van der Waals surface area contributed by atoms with Crippen molar-refractivity contribution >= 4 is 17.6 Å². The van der Waals surface area contributed by atoms with E-state index in [4.69, 9.17) is 0 Å². The van der Waals surface area contributed by atoms with Gasteiger partial charge in [-0.3, -0.25) is 9.89 Å². The largest absolute Gasteiger partial charge is 0.349 e. The van der Waals surface area contributed by atoms with Gasteiger partial charge in [0.15, 0.2) is 0 Å². The first kappa shape index (κ1) is 18.0. The van der Waals surface area contributed by atoms with Gasteiger partial charge in [-0.25, -0.2) is 4.79 Å². The smallest absolute Gasteiger partial charge is 0.322 e. The molecule has 0 saturated carbocycles. The van der Waals surface area contributed by atoms with Gasteiger partial charge in [0, 0.05) is 44.0 Å². The highest BCUT2D eigenvalue weighted by Crippen LogP contribution is 2.22. The van der Waals surface area contributed by atoms with E-state index in [-0.39, 0.29) is 18.4 Å². The standard InChI is InChI=1S/C19H25N5O2/c1-4-15-14-12-24(10-9-17(14)22-21-15)19(26)20-16-8-6-5-7-13(16)11-18(25)23(2)3/h5-8H,4,9-12H2,1-3H3,(H,20,26)(H,21,22). The Labute approximate surface area is 153 Å². The Kier molecular flexibility index (Phi) is 5.25. The second-order valence-corrected chi connectivity index (χ2v) is 6.70. The number of H-pyrrole nitrogens is 1. The molecular weight excluding hydrogens is 330 g/mol. The Morgan fingerprint density at radius 1 is 1.31 bits per heavy atom. The summed E-state index contributed by atoms with van der Waals surface area (Å²) in [5.74, 6) is 0.000276. The SMILES string of the molecule is CCc1n[nH]c2c1CN(C(=O)Nc1ccccc1CC(=O)N(C)C)CC2. The van der Waals surface area contributed by atoms with Crippen LogP contribution >= 0.6 is 0 Å². The van der Waals surface area contributed by atoms with Crippen molar-refractivity contribution in [1.29, 1.82) is 0 Å². The van der Waals surface area contributed by atoms with Crippen LogP contribution in [0.15, 0.2) is 24.3 Å². The quantitative estimate of drug-likeness (QED) is 0.882. The molecular formula is C19H25N5O2. The van der Waals surface area contributed by atoms with Crippen LogP contribution in [-0.2, 0) is 30.6 Å². The zero-order valence-electron chi connectivity index (χ0n) is 15.5. The third-order valence-corrected chi connectivity index (χ3v) is 4.74. The van der Waals surface area contributed by atoms with E-state index in [1.165, 1.54) is 0 Å². The van der Waals surface area contributed by atoms with E-state index in [9.17, 15) is 9.59 Å². The molecule has 3 rings (SSSR count). The summed E-state index contributed by atoms with van der Waals surface area (Å²) in [6, 6.07) is 7.29. The normalized spacial score (nSPS) is 13.3. The minimum atomic E-state index is -0.149. The van der Waals surface area contributed by atoms with E-state index in [0.29, 0.717) is 18.8 Å². The van der Waals surface area contributed by atoms with Crippen molar-refractivity contribution < 1.29 is 9.59 Å². The van der Waals surface area contributed by atoms with Crippen molar-refractivity contribution in [2.45, 2.75) is 32.7 Å². The van der Waals surface area contributed by atoms with Crippen LogP contribution in [-0.4, -0.2) is 52.6 Å². The Morgan fingerprint density at radius 3 is 2.81 bits per heavy atom. The number of aromatic nitrogens is 2. The number of aryl methyl sites for hydroxylation is 1. The Balaban J connectivity index is 1.72. The van der Waals surface area contributed by atoms with Crippen molar-refractivity contribution in [3.63, 3.8) is 0 Å². The first-order chi connectivity index (χ1) is 12.5. The molecule has 7 nitrogen and oxygen atoms in total. The number of para-hydroxylation sites is 1. The highest BCUT2D eigenvalue weighted by Gasteiger charge is 2.25. The van der Waals surface area contributed by atoms with Gasteiger partial charge >= 0.3 is 6.03 Å². The highest BCUT2D eigenvalue weighted by molar-refractivity contribution is 5.91. The Hall–Kier alpha value is -2.83. The molecule has 26 heavy (non-hydrogen) atoms. The molecule has 0 unspecified atom stereocenters. The highest BCUT2D eigenvalue weighted by atomic mass is 16.2. The van der Waals surface area contributed by atoms with E-state index in [1.54, 1.807) is 23.9 Å². The second kappa shape index (κ2) is 7.59. The first-order valence-corrected chi connectivity index (χ1v) is 8.88. The molecule has 1 aromatic carbocycles. The van der Waals surface area contributed by atoms with Gasteiger partial charge in [-0.05, 0) is 18.1 Å². The molecule has 0 fully saturated rings. The molecule has 2 N–H and O–H groups in total. The summed E-state index contributed by atoms with van der Waals surface area (Å²) < 4.78 is 0. The van der Waals surface area contributed by atoms with Gasteiger partial charge in [0.25, 0.3) is 0 Å². The number of urea groups is 1. The topological polar surface area (TPSA) is 81.3 Å². The molecule has 7 heteroatoms. The number of hydrogen-bond donors (Lipinski definition) is 2. The lowest BCUT2D eigenvalue weighted by Gasteiger charge is -2.27. The number of carbonyl (C=O) groups excluding carboxylic acids is 2. The molecule has 3 amide bonds. The summed E-state index contributed by atoms with van der Waals surface area (Å²) in [6.07, 6.45) is 1.88. The monoisotopic (exact) mass is 355 g/mol. The van der Waals surface area contributed by atoms with Crippen molar-refractivity contribution in [2.75, 3.05) is 26.0 Å². The van der Waals surface area contributed by atoms with Crippen molar-refractivity contribution in [3.05, 3.63) is 46.8 Å². The summed E-state index contributed by atoms with van der Waals surface area (Å²) >= 11 is 0. The number of rotatable bonds is 4. The van der Waals surface area contributed by atoms with Crippen LogP contribution in [0.25, 0.3) is 0 Å². The van der Waals surface area contributed by atoms with Gasteiger partial charge in [-0.1, -0.05) is 25.1 Å². The molecule has 0 spiro atoms. The molecule has 1 aliphatic rings. The predicted octanol–water partition coefficient (Wildman–Crippen LogP) is 2.19. The summed E-state index contributed by atoms with van der Waals surface area (Å²) in [5.41, 5.74) is 4.78. The molecule has 0 bridgehead atoms. The van der Waals surface area contributed by atoms with E-state index in [0.717, 1.165) is 35.4 Å². The van der Waals surface area contributed by atoms with Crippen LogP contribution in [0.3, 0.4) is 0 Å². The lowest BCUT2D eigenvalue weighted by atomic mass is 10.0. The number of carbonyl (C=O) groups is 2. The van der Waals surface area contributed by atoms with Gasteiger partial charge in [0.2, 0.25) is 5.91 Å². The number of amides is 3. The van der Waals surface area contributed by atoms with Crippen molar-refractivity contribution in [1.82, 2.24) is 20.0 Å². The van der Waals surface area contributed by atoms with E-state index in [2.05, 4.69) is 22.4 Å². The summed E-state index contributed by atoms with van der Waals surface area (Å²) in [7, 11) is 3.45. The fourth-order valence-corrected chi connectivity index (χ4v) is 3.13. The molecule has 138 valence electrons. The molecule has 1 aromatic heterocycles. The third-order valence-electron chi connectivity index (χ3n) is 4.74. The third kappa shape index (κ3) is 3.71. The second-order valence-electron chi connectivity index (χ2n) is 6.70. The fourth-order valence-electron chi connectivity index (χ4n) is 3.13. The van der Waals surface area contributed by atoms with Crippen LogP contribution in [0.4, 0.5) is 10.5 Å². The molecule has 0 radical (unpaired) electrons. The van der Waals surface area contributed by atoms with Gasteiger partial charge in [-0.2, -0.15) is 5.10 Å². The van der Waals surface area contributed by atoms with Gasteiger partial charge in [-0.15, -0.1) is 0 Å². The number of anilines is 1. The molecule has 2 heterocycles. The van der Waals surface area contributed by atoms with Gasteiger partial charge in [0.1, 0.15) is 0 Å². The maximum absolute atomic E-state index is 12.8. The van der Waals surface area contributed by atoms with Crippen LogP contribution in [0.5, 0.6) is 0 Å². The molecule has 0 atom stereocenters. The van der Waals surface area contributed by atoms with E-state index < -0.39 is 0 Å².